The predicted molar refractivity (Wildman–Crippen MR) is 49.7 cm³/mol. The minimum absolute atomic E-state index is 0.0613. The highest BCUT2D eigenvalue weighted by molar-refractivity contribution is 9.09. The summed E-state index contributed by atoms with van der Waals surface area (Å²) in [4.78, 5) is 16.3. The summed E-state index contributed by atoms with van der Waals surface area (Å²) in [6, 6.07) is 0. The van der Waals surface area contributed by atoms with Crippen molar-refractivity contribution in [1.29, 1.82) is 0 Å². The highest BCUT2D eigenvalue weighted by Crippen LogP contribution is 2.17. The summed E-state index contributed by atoms with van der Waals surface area (Å²) in [5.41, 5.74) is 0.958. The molecule has 11 heavy (non-hydrogen) atoms. The van der Waals surface area contributed by atoms with Crippen molar-refractivity contribution in [2.75, 3.05) is 5.33 Å². The maximum atomic E-state index is 11.1. The lowest BCUT2D eigenvalue weighted by Crippen LogP contribution is -1.98. The first-order valence-corrected chi connectivity index (χ1v) is 5.12. The first-order valence-electron chi connectivity index (χ1n) is 3.18. The number of hydrogen-bond acceptors (Lipinski definition) is 3. The molecule has 0 unspecified atom stereocenters. The minimum atomic E-state index is 0.0613. The number of Topliss-reactive ketones (excluding diaryl/α,β-unsaturated/α-hetero) is 1. The van der Waals surface area contributed by atoms with E-state index in [1.54, 1.807) is 0 Å². The van der Waals surface area contributed by atoms with Crippen LogP contribution in [0.4, 0.5) is 0 Å². The molecular weight excluding hydrogens is 226 g/mol. The van der Waals surface area contributed by atoms with E-state index in [4.69, 9.17) is 0 Å². The molecule has 0 saturated carbocycles. The van der Waals surface area contributed by atoms with Crippen molar-refractivity contribution in [2.24, 2.45) is 0 Å². The van der Waals surface area contributed by atoms with Gasteiger partial charge in [0.05, 0.1) is 11.0 Å². The van der Waals surface area contributed by atoms with Crippen LogP contribution < -0.4 is 0 Å². The molecule has 0 N–H and O–H groups in total. The summed E-state index contributed by atoms with van der Waals surface area (Å²) < 4.78 is 0. The second kappa shape index (κ2) is 3.45. The molecule has 0 atom stereocenters. The summed E-state index contributed by atoms with van der Waals surface area (Å²) in [6.45, 7) is 3.88. The van der Waals surface area contributed by atoms with Gasteiger partial charge in [-0.3, -0.25) is 4.79 Å². The van der Waals surface area contributed by atoms with Crippen LogP contribution in [0.3, 0.4) is 0 Å². The van der Waals surface area contributed by atoms with Crippen molar-refractivity contribution in [3.63, 3.8) is 0 Å². The Labute approximate surface area is 77.8 Å². The van der Waals surface area contributed by atoms with Crippen molar-refractivity contribution < 1.29 is 4.79 Å². The van der Waals surface area contributed by atoms with Gasteiger partial charge in [0.1, 0.15) is 0 Å². The zero-order chi connectivity index (χ0) is 8.43. The number of ketones is 1. The Balaban J connectivity index is 2.97. The molecule has 1 aromatic heterocycles. The highest BCUT2D eigenvalue weighted by atomic mass is 79.9. The molecular formula is C7H8BrNOS. The normalized spacial score (nSPS) is 10.1. The van der Waals surface area contributed by atoms with Gasteiger partial charge in [-0.1, -0.05) is 15.9 Å². The van der Waals surface area contributed by atoms with Gasteiger partial charge in [-0.05, 0) is 13.8 Å². The number of carbonyl (C=O) groups is 1. The number of thiazole rings is 1. The summed E-state index contributed by atoms with van der Waals surface area (Å²) in [6.07, 6.45) is 0. The van der Waals surface area contributed by atoms with Crippen molar-refractivity contribution in [3.05, 3.63) is 15.6 Å². The number of aryl methyl sites for hydroxylation is 2. The lowest BCUT2D eigenvalue weighted by atomic mass is 10.4. The summed E-state index contributed by atoms with van der Waals surface area (Å²) >= 11 is 4.56. The van der Waals surface area contributed by atoms with E-state index in [0.29, 0.717) is 10.3 Å². The number of carbonyl (C=O) groups excluding carboxylic acids is 1. The van der Waals surface area contributed by atoms with Crippen molar-refractivity contribution in [3.8, 4) is 0 Å². The Bertz CT molecular complexity index is 262. The van der Waals surface area contributed by atoms with Crippen molar-refractivity contribution in [2.45, 2.75) is 13.8 Å². The zero-order valence-corrected chi connectivity index (χ0v) is 8.75. The van der Waals surface area contributed by atoms with Gasteiger partial charge < -0.3 is 0 Å². The molecule has 1 heterocycles. The molecule has 0 aliphatic rings. The van der Waals surface area contributed by atoms with Crippen LogP contribution in [0.25, 0.3) is 0 Å². The summed E-state index contributed by atoms with van der Waals surface area (Å²) in [5.74, 6) is 0.0613. The van der Waals surface area contributed by atoms with E-state index in [2.05, 4.69) is 20.9 Å². The largest absolute Gasteiger partial charge is 0.291 e. The van der Waals surface area contributed by atoms with Gasteiger partial charge in [0.25, 0.3) is 0 Å². The van der Waals surface area contributed by atoms with Crippen molar-refractivity contribution >= 4 is 33.0 Å². The first-order chi connectivity index (χ1) is 5.15. The summed E-state index contributed by atoms with van der Waals surface area (Å²) in [5, 5.41) is 0.969. The van der Waals surface area contributed by atoms with E-state index in [1.807, 2.05) is 13.8 Å². The van der Waals surface area contributed by atoms with E-state index in [9.17, 15) is 4.79 Å². The quantitative estimate of drug-likeness (QED) is 0.580. The molecule has 0 aliphatic carbocycles. The molecule has 0 aliphatic heterocycles. The highest BCUT2D eigenvalue weighted by Gasteiger charge is 2.09. The molecule has 0 fully saturated rings. The number of aromatic nitrogens is 1. The fourth-order valence-corrected chi connectivity index (χ4v) is 1.95. The van der Waals surface area contributed by atoms with Gasteiger partial charge in [0.2, 0.25) is 5.78 Å². The summed E-state index contributed by atoms with van der Waals surface area (Å²) in [7, 11) is 0. The van der Waals surface area contributed by atoms with Crippen LogP contribution in [0.15, 0.2) is 0 Å². The maximum Gasteiger partial charge on any atom is 0.201 e. The molecule has 0 spiro atoms. The van der Waals surface area contributed by atoms with E-state index < -0.39 is 0 Å². The second-order valence-electron chi connectivity index (χ2n) is 2.22. The monoisotopic (exact) mass is 233 g/mol. The van der Waals surface area contributed by atoms with Gasteiger partial charge in [0, 0.05) is 4.88 Å². The molecule has 2 nitrogen and oxygen atoms in total. The molecule has 0 bridgehead atoms. The third-order valence-electron chi connectivity index (χ3n) is 1.39. The van der Waals surface area contributed by atoms with Gasteiger partial charge in [-0.15, -0.1) is 11.3 Å². The Hall–Kier alpha value is -0.220. The standard InChI is InChI=1S/C7H8BrNOS/c1-4-5(2)11-7(9-4)6(10)3-8/h3H2,1-2H3. The lowest BCUT2D eigenvalue weighted by molar-refractivity contribution is 0.102. The van der Waals surface area contributed by atoms with E-state index in [-0.39, 0.29) is 5.78 Å². The first kappa shape index (κ1) is 8.87. The van der Waals surface area contributed by atoms with E-state index in [1.165, 1.54) is 11.3 Å². The smallest absolute Gasteiger partial charge is 0.201 e. The molecule has 60 valence electrons. The van der Waals surface area contributed by atoms with Gasteiger partial charge in [0.15, 0.2) is 5.01 Å². The number of nitrogens with zero attached hydrogens (tertiary/aromatic N) is 1. The van der Waals surface area contributed by atoms with Gasteiger partial charge >= 0.3 is 0 Å². The van der Waals surface area contributed by atoms with Crippen LogP contribution in [-0.2, 0) is 0 Å². The molecule has 0 radical (unpaired) electrons. The molecule has 1 rings (SSSR count). The molecule has 0 aromatic carbocycles. The van der Waals surface area contributed by atoms with Crippen LogP contribution >= 0.6 is 27.3 Å². The van der Waals surface area contributed by atoms with Gasteiger partial charge in [-0.25, -0.2) is 4.98 Å². The fraction of sp³-hybridized carbons (Fsp3) is 0.429. The van der Waals surface area contributed by atoms with Crippen molar-refractivity contribution in [1.82, 2.24) is 4.98 Å². The van der Waals surface area contributed by atoms with Crippen LogP contribution in [0, 0.1) is 13.8 Å². The average molecular weight is 234 g/mol. The fourth-order valence-electron chi connectivity index (χ4n) is 0.649. The Morgan fingerprint density at radius 2 is 2.27 bits per heavy atom. The molecule has 1 aromatic rings. The van der Waals surface area contributed by atoms with Gasteiger partial charge in [-0.2, -0.15) is 0 Å². The molecule has 0 saturated heterocycles. The average Bonchev–Trinajstić information content (AvgIpc) is 2.31. The lowest BCUT2D eigenvalue weighted by Gasteiger charge is -1.84. The number of halogens is 1. The topological polar surface area (TPSA) is 30.0 Å². The maximum absolute atomic E-state index is 11.1. The number of hydrogen-bond donors (Lipinski definition) is 0. The molecule has 0 amide bonds. The Morgan fingerprint density at radius 1 is 1.64 bits per heavy atom. The van der Waals surface area contributed by atoms with Crippen LogP contribution in [0.2, 0.25) is 0 Å². The SMILES string of the molecule is Cc1nc(C(=O)CBr)sc1C. The number of rotatable bonds is 2. The van der Waals surface area contributed by atoms with Crippen LogP contribution in [-0.4, -0.2) is 16.1 Å². The predicted octanol–water partition coefficient (Wildman–Crippen LogP) is 2.34. The number of alkyl halides is 1. The Kier molecular flexibility index (Phi) is 2.78. The third kappa shape index (κ3) is 1.87. The van der Waals surface area contributed by atoms with Crippen LogP contribution in [0.1, 0.15) is 20.4 Å². The van der Waals surface area contributed by atoms with E-state index in [0.717, 1.165) is 10.6 Å². The minimum Gasteiger partial charge on any atom is -0.291 e. The molecule has 4 heteroatoms. The third-order valence-corrected chi connectivity index (χ3v) is 3.01. The zero-order valence-electron chi connectivity index (χ0n) is 6.35. The Morgan fingerprint density at radius 3 is 2.64 bits per heavy atom. The van der Waals surface area contributed by atoms with E-state index >= 15 is 0 Å². The van der Waals surface area contributed by atoms with Crippen LogP contribution in [0.5, 0.6) is 0 Å². The second-order valence-corrected chi connectivity index (χ2v) is 3.98.